The third kappa shape index (κ3) is 3.43. The number of fused-ring (bicyclic) bond motifs is 1. The fourth-order valence-electron chi connectivity index (χ4n) is 3.60. The molecule has 1 unspecified atom stereocenters. The van der Waals surface area contributed by atoms with Gasteiger partial charge in [-0.25, -0.2) is 0 Å². The van der Waals surface area contributed by atoms with Crippen LogP contribution in [0.25, 0.3) is 0 Å². The maximum atomic E-state index is 12.7. The van der Waals surface area contributed by atoms with Crippen LogP contribution in [0.15, 0.2) is 24.3 Å². The number of benzene rings is 1. The number of hydrogen-bond donors (Lipinski definition) is 2. The first kappa shape index (κ1) is 15.3. The van der Waals surface area contributed by atoms with Gasteiger partial charge in [0.15, 0.2) is 0 Å². The number of nitrogens with one attached hydrogen (secondary N) is 2. The highest BCUT2D eigenvalue weighted by molar-refractivity contribution is 5.85. The molecule has 2 N–H and O–H groups in total. The van der Waals surface area contributed by atoms with E-state index in [4.69, 9.17) is 0 Å². The van der Waals surface area contributed by atoms with Gasteiger partial charge in [-0.15, -0.1) is 0 Å². The molecule has 0 aromatic heterocycles. The maximum absolute atomic E-state index is 12.7. The van der Waals surface area contributed by atoms with Gasteiger partial charge in [0, 0.05) is 31.4 Å². The first-order valence-electron chi connectivity index (χ1n) is 8.61. The van der Waals surface area contributed by atoms with Crippen molar-refractivity contribution in [3.63, 3.8) is 0 Å². The lowest BCUT2D eigenvalue weighted by atomic mass is 9.95. The summed E-state index contributed by atoms with van der Waals surface area (Å²) in [5, 5.41) is 6.70. The van der Waals surface area contributed by atoms with E-state index < -0.39 is 0 Å². The SMILES string of the molecule is CC(C(=O)NC1CCCCC1)N1CCNCc2ccccc21. The third-order valence-electron chi connectivity index (χ3n) is 4.94. The Hall–Kier alpha value is -1.55. The molecule has 120 valence electrons. The molecule has 1 aromatic carbocycles. The van der Waals surface area contributed by atoms with Crippen LogP contribution < -0.4 is 15.5 Å². The van der Waals surface area contributed by atoms with Gasteiger partial charge in [-0.1, -0.05) is 37.5 Å². The second-order valence-electron chi connectivity index (χ2n) is 6.52. The van der Waals surface area contributed by atoms with Crippen LogP contribution in [0.5, 0.6) is 0 Å². The second kappa shape index (κ2) is 7.14. The molecule has 0 bridgehead atoms. The Morgan fingerprint density at radius 3 is 2.86 bits per heavy atom. The van der Waals surface area contributed by atoms with Gasteiger partial charge in [-0.2, -0.15) is 0 Å². The smallest absolute Gasteiger partial charge is 0.242 e. The van der Waals surface area contributed by atoms with E-state index in [9.17, 15) is 4.79 Å². The van der Waals surface area contributed by atoms with Crippen molar-refractivity contribution in [1.82, 2.24) is 10.6 Å². The molecule has 1 aromatic rings. The maximum Gasteiger partial charge on any atom is 0.242 e. The lowest BCUT2D eigenvalue weighted by Gasteiger charge is -2.32. The van der Waals surface area contributed by atoms with Gasteiger partial charge in [0.2, 0.25) is 5.91 Å². The van der Waals surface area contributed by atoms with Crippen LogP contribution in [0, 0.1) is 0 Å². The molecule has 1 fully saturated rings. The van der Waals surface area contributed by atoms with Crippen LogP contribution in [-0.4, -0.2) is 31.1 Å². The predicted molar refractivity (Wildman–Crippen MR) is 90.0 cm³/mol. The predicted octanol–water partition coefficient (Wildman–Crippen LogP) is 2.43. The molecular formula is C18H27N3O. The van der Waals surface area contributed by atoms with Gasteiger partial charge in [0.1, 0.15) is 6.04 Å². The first-order chi connectivity index (χ1) is 10.8. The fraction of sp³-hybridized carbons (Fsp3) is 0.611. The van der Waals surface area contributed by atoms with E-state index in [1.165, 1.54) is 30.5 Å². The summed E-state index contributed by atoms with van der Waals surface area (Å²) in [5.41, 5.74) is 2.47. The Labute approximate surface area is 133 Å². The molecule has 2 aliphatic rings. The topological polar surface area (TPSA) is 44.4 Å². The molecular weight excluding hydrogens is 274 g/mol. The molecule has 4 nitrogen and oxygen atoms in total. The van der Waals surface area contributed by atoms with Crippen molar-refractivity contribution >= 4 is 11.6 Å². The Bertz CT molecular complexity index is 511. The van der Waals surface area contributed by atoms with Crippen molar-refractivity contribution in [2.75, 3.05) is 18.0 Å². The summed E-state index contributed by atoms with van der Waals surface area (Å²) in [6.07, 6.45) is 6.08. The minimum Gasteiger partial charge on any atom is -0.358 e. The third-order valence-corrected chi connectivity index (χ3v) is 4.94. The fourth-order valence-corrected chi connectivity index (χ4v) is 3.60. The lowest BCUT2D eigenvalue weighted by molar-refractivity contribution is -0.123. The van der Waals surface area contributed by atoms with Gasteiger partial charge < -0.3 is 15.5 Å². The van der Waals surface area contributed by atoms with E-state index in [0.717, 1.165) is 32.5 Å². The number of amides is 1. The highest BCUT2D eigenvalue weighted by Gasteiger charge is 2.26. The summed E-state index contributed by atoms with van der Waals surface area (Å²) >= 11 is 0. The lowest BCUT2D eigenvalue weighted by Crippen LogP contribution is -2.49. The first-order valence-corrected chi connectivity index (χ1v) is 8.61. The average molecular weight is 301 g/mol. The summed E-state index contributed by atoms with van der Waals surface area (Å²) in [7, 11) is 0. The zero-order chi connectivity index (χ0) is 15.4. The van der Waals surface area contributed by atoms with Crippen molar-refractivity contribution in [3.8, 4) is 0 Å². The van der Waals surface area contributed by atoms with Gasteiger partial charge >= 0.3 is 0 Å². The van der Waals surface area contributed by atoms with Gasteiger partial charge in [0.25, 0.3) is 0 Å². The van der Waals surface area contributed by atoms with Gasteiger partial charge in [-0.3, -0.25) is 4.79 Å². The van der Waals surface area contributed by atoms with E-state index in [0.29, 0.717) is 6.04 Å². The molecule has 3 rings (SSSR count). The second-order valence-corrected chi connectivity index (χ2v) is 6.52. The Morgan fingerprint density at radius 1 is 1.27 bits per heavy atom. The normalized spacial score (nSPS) is 20.9. The van der Waals surface area contributed by atoms with E-state index in [1.807, 2.05) is 6.92 Å². The number of carbonyl (C=O) groups is 1. The van der Waals surface area contributed by atoms with Crippen molar-refractivity contribution in [2.24, 2.45) is 0 Å². The number of anilines is 1. The van der Waals surface area contributed by atoms with Crippen LogP contribution in [-0.2, 0) is 11.3 Å². The summed E-state index contributed by atoms with van der Waals surface area (Å²) in [4.78, 5) is 14.9. The summed E-state index contributed by atoms with van der Waals surface area (Å²) in [5.74, 6) is 0.170. The molecule has 1 heterocycles. The molecule has 0 radical (unpaired) electrons. The van der Waals surface area contributed by atoms with E-state index in [1.54, 1.807) is 0 Å². The van der Waals surface area contributed by atoms with Crippen molar-refractivity contribution in [2.45, 2.75) is 57.7 Å². The van der Waals surface area contributed by atoms with Crippen LogP contribution in [0.3, 0.4) is 0 Å². The standard InChI is InChI=1S/C18H27N3O/c1-14(18(22)20-16-8-3-2-4-9-16)21-12-11-19-13-15-7-5-6-10-17(15)21/h5-7,10,14,16,19H,2-4,8-9,11-13H2,1H3,(H,20,22). The van der Waals surface area contributed by atoms with Crippen LogP contribution in [0.1, 0.15) is 44.6 Å². The zero-order valence-electron chi connectivity index (χ0n) is 13.5. The number of nitrogens with zero attached hydrogens (tertiary/aromatic N) is 1. The van der Waals surface area contributed by atoms with E-state index in [-0.39, 0.29) is 11.9 Å². The highest BCUT2D eigenvalue weighted by atomic mass is 16.2. The Morgan fingerprint density at radius 2 is 2.05 bits per heavy atom. The molecule has 0 saturated heterocycles. The summed E-state index contributed by atoms with van der Waals surface area (Å²) < 4.78 is 0. The number of rotatable bonds is 3. The largest absolute Gasteiger partial charge is 0.358 e. The zero-order valence-corrected chi connectivity index (χ0v) is 13.5. The Balaban J connectivity index is 1.70. The number of carbonyl (C=O) groups excluding carboxylic acids is 1. The van der Waals surface area contributed by atoms with Crippen LogP contribution >= 0.6 is 0 Å². The van der Waals surface area contributed by atoms with Crippen molar-refractivity contribution in [1.29, 1.82) is 0 Å². The summed E-state index contributed by atoms with van der Waals surface area (Å²) in [6.45, 7) is 4.69. The molecule has 22 heavy (non-hydrogen) atoms. The monoisotopic (exact) mass is 301 g/mol. The van der Waals surface area contributed by atoms with Crippen LogP contribution in [0.2, 0.25) is 0 Å². The molecule has 1 aliphatic carbocycles. The molecule has 1 atom stereocenters. The number of para-hydroxylation sites is 1. The minimum absolute atomic E-state index is 0.122. The molecule has 0 spiro atoms. The number of hydrogen-bond acceptors (Lipinski definition) is 3. The highest BCUT2D eigenvalue weighted by Crippen LogP contribution is 2.24. The average Bonchev–Trinajstić information content (AvgIpc) is 2.77. The molecule has 1 amide bonds. The van der Waals surface area contributed by atoms with Crippen LogP contribution in [0.4, 0.5) is 5.69 Å². The molecule has 4 heteroatoms. The van der Waals surface area contributed by atoms with E-state index in [2.05, 4.69) is 39.8 Å². The quantitative estimate of drug-likeness (QED) is 0.901. The van der Waals surface area contributed by atoms with E-state index >= 15 is 0 Å². The molecule has 1 aliphatic heterocycles. The van der Waals surface area contributed by atoms with Gasteiger partial charge in [-0.05, 0) is 31.4 Å². The minimum atomic E-state index is -0.122. The molecule has 1 saturated carbocycles. The van der Waals surface area contributed by atoms with Crippen molar-refractivity contribution in [3.05, 3.63) is 29.8 Å². The van der Waals surface area contributed by atoms with Gasteiger partial charge in [0.05, 0.1) is 0 Å². The Kier molecular flexibility index (Phi) is 4.98. The summed E-state index contributed by atoms with van der Waals surface area (Å²) in [6, 6.07) is 8.66. The van der Waals surface area contributed by atoms with Crippen molar-refractivity contribution < 1.29 is 4.79 Å².